The molecule has 0 fully saturated rings. The van der Waals surface area contributed by atoms with E-state index in [1.165, 1.54) is 5.56 Å². The molecule has 2 aromatic rings. The minimum Gasteiger partial charge on any atom is -0.281 e. The summed E-state index contributed by atoms with van der Waals surface area (Å²) in [6.45, 7) is 8.65. The van der Waals surface area contributed by atoms with Crippen LogP contribution in [-0.4, -0.2) is 50.0 Å². The molecule has 0 saturated heterocycles. The Kier molecular flexibility index (Phi) is 5.24. The standard InChI is InChI=1S/C19H22N6O/c1-4-17-15(6-5-7-21-17)14(3)24-8-9-25(13(2)12-24)18-11-22-23-19(26)16(18)10-20/h5-7,11,14H,4,8-9,12H2,1-3H3/p+1/t14-/m1/s1. The number of aryl methyl sites for hydroxylation is 1. The molecule has 7 nitrogen and oxygen atoms in total. The number of hydrogen-bond acceptors (Lipinski definition) is 5. The molecule has 26 heavy (non-hydrogen) atoms. The fourth-order valence-electron chi connectivity index (χ4n) is 3.56. The zero-order chi connectivity index (χ0) is 18.7. The molecule has 1 aliphatic rings. The second-order valence-electron chi connectivity index (χ2n) is 6.50. The number of nitriles is 1. The normalized spacial score (nSPS) is 16.4. The van der Waals surface area contributed by atoms with Crippen LogP contribution < -0.4 is 5.56 Å². The fourth-order valence-corrected chi connectivity index (χ4v) is 3.56. The Bertz CT molecular complexity index is 940. The summed E-state index contributed by atoms with van der Waals surface area (Å²) in [5, 5.41) is 15.5. The number of pyridine rings is 1. The first-order valence-electron chi connectivity index (χ1n) is 8.82. The predicted octanol–water partition coefficient (Wildman–Crippen LogP) is 1.78. The van der Waals surface area contributed by atoms with Crippen LogP contribution in [0.4, 0.5) is 5.69 Å². The lowest BCUT2D eigenvalue weighted by Gasteiger charge is -2.31. The van der Waals surface area contributed by atoms with Crippen LogP contribution in [-0.2, 0) is 6.42 Å². The van der Waals surface area contributed by atoms with Crippen LogP contribution in [0, 0.1) is 11.3 Å². The van der Waals surface area contributed by atoms with Gasteiger partial charge in [0.1, 0.15) is 12.3 Å². The highest BCUT2D eigenvalue weighted by Gasteiger charge is 2.30. The Labute approximate surface area is 152 Å². The first-order chi connectivity index (χ1) is 12.6. The number of nitrogens with one attached hydrogen (secondary N) is 1. The minimum atomic E-state index is -0.448. The number of aromatic amines is 1. The van der Waals surface area contributed by atoms with E-state index >= 15 is 0 Å². The molecular formula is C19H23N6O+. The third-order valence-electron chi connectivity index (χ3n) is 5.00. The van der Waals surface area contributed by atoms with Gasteiger partial charge in [0.25, 0.3) is 5.56 Å². The van der Waals surface area contributed by atoms with E-state index in [0.29, 0.717) is 12.2 Å². The summed E-state index contributed by atoms with van der Waals surface area (Å²) in [4.78, 5) is 18.8. The molecule has 2 aromatic heterocycles. The van der Waals surface area contributed by atoms with Crippen molar-refractivity contribution in [3.8, 4) is 6.07 Å². The molecule has 0 radical (unpaired) electrons. The third-order valence-corrected chi connectivity index (χ3v) is 5.00. The first kappa shape index (κ1) is 18.0. The number of hydrogen-bond donors (Lipinski definition) is 1. The van der Waals surface area contributed by atoms with Gasteiger partial charge in [0, 0.05) is 24.9 Å². The van der Waals surface area contributed by atoms with E-state index in [-0.39, 0.29) is 11.6 Å². The van der Waals surface area contributed by atoms with Gasteiger partial charge in [0.2, 0.25) is 5.69 Å². The van der Waals surface area contributed by atoms with Gasteiger partial charge >= 0.3 is 0 Å². The Hall–Kier alpha value is -2.85. The van der Waals surface area contributed by atoms with Crippen molar-refractivity contribution in [1.82, 2.24) is 20.1 Å². The summed E-state index contributed by atoms with van der Waals surface area (Å²) in [5.74, 6) is 0. The second-order valence-corrected chi connectivity index (χ2v) is 6.50. The number of aromatic nitrogens is 3. The van der Waals surface area contributed by atoms with Crippen molar-refractivity contribution in [2.75, 3.05) is 19.6 Å². The summed E-state index contributed by atoms with van der Waals surface area (Å²) in [5.41, 5.74) is 3.72. The first-order valence-corrected chi connectivity index (χ1v) is 8.82. The fraction of sp³-hybridized carbons (Fsp3) is 0.421. The third kappa shape index (κ3) is 3.28. The lowest BCUT2D eigenvalue weighted by atomic mass is 10.0. The molecule has 134 valence electrons. The lowest BCUT2D eigenvalue weighted by Crippen LogP contribution is -2.44. The summed E-state index contributed by atoms with van der Waals surface area (Å²) in [6, 6.07) is 6.38. The van der Waals surface area contributed by atoms with Gasteiger partial charge in [-0.2, -0.15) is 14.9 Å². The van der Waals surface area contributed by atoms with Gasteiger partial charge in [-0.3, -0.25) is 14.7 Å². The molecule has 0 unspecified atom stereocenters. The summed E-state index contributed by atoms with van der Waals surface area (Å²) in [7, 11) is 0. The van der Waals surface area contributed by atoms with Crippen molar-refractivity contribution in [2.24, 2.45) is 0 Å². The zero-order valence-corrected chi connectivity index (χ0v) is 15.4. The van der Waals surface area contributed by atoms with E-state index in [4.69, 9.17) is 0 Å². The maximum absolute atomic E-state index is 11.9. The monoisotopic (exact) mass is 351 g/mol. The maximum atomic E-state index is 11.9. The Morgan fingerprint density at radius 2 is 2.31 bits per heavy atom. The van der Waals surface area contributed by atoms with Crippen molar-refractivity contribution in [3.63, 3.8) is 0 Å². The number of rotatable bonds is 4. The predicted molar refractivity (Wildman–Crippen MR) is 98.6 cm³/mol. The van der Waals surface area contributed by atoms with Gasteiger partial charge in [0.15, 0.2) is 17.8 Å². The average Bonchev–Trinajstić information content (AvgIpc) is 2.67. The summed E-state index contributed by atoms with van der Waals surface area (Å²) >= 11 is 0. The van der Waals surface area contributed by atoms with Gasteiger partial charge in [-0.05, 0) is 25.0 Å². The SMILES string of the molecule is CCc1ncccc1[C@@H](C)N1CC[N+](c2cn[nH]c(=O)c2C#N)=C(C)C1. The van der Waals surface area contributed by atoms with Crippen LogP contribution in [0.5, 0.6) is 0 Å². The van der Waals surface area contributed by atoms with E-state index in [2.05, 4.69) is 40.0 Å². The van der Waals surface area contributed by atoms with Crippen molar-refractivity contribution < 1.29 is 4.58 Å². The second kappa shape index (κ2) is 7.58. The summed E-state index contributed by atoms with van der Waals surface area (Å²) < 4.78 is 2.02. The van der Waals surface area contributed by atoms with Gasteiger partial charge in [-0.15, -0.1) is 0 Å². The number of nitrogens with zero attached hydrogens (tertiary/aromatic N) is 5. The van der Waals surface area contributed by atoms with E-state index < -0.39 is 5.56 Å². The molecule has 3 heterocycles. The van der Waals surface area contributed by atoms with Crippen LogP contribution in [0.25, 0.3) is 0 Å². The molecule has 1 N–H and O–H groups in total. The minimum absolute atomic E-state index is 0.112. The molecule has 0 saturated carbocycles. The van der Waals surface area contributed by atoms with Gasteiger partial charge < -0.3 is 0 Å². The zero-order valence-electron chi connectivity index (χ0n) is 15.4. The van der Waals surface area contributed by atoms with Crippen molar-refractivity contribution in [1.29, 1.82) is 5.26 Å². The van der Waals surface area contributed by atoms with E-state index in [0.717, 1.165) is 30.9 Å². The number of H-pyrrole nitrogens is 1. The molecular weight excluding hydrogens is 328 g/mol. The summed E-state index contributed by atoms with van der Waals surface area (Å²) in [6.07, 6.45) is 4.31. The Balaban J connectivity index is 1.90. The Morgan fingerprint density at radius 3 is 3.00 bits per heavy atom. The molecule has 0 aromatic carbocycles. The van der Waals surface area contributed by atoms with Crippen molar-refractivity contribution in [3.05, 3.63) is 51.7 Å². The van der Waals surface area contributed by atoms with E-state index in [1.807, 2.05) is 29.8 Å². The molecule has 0 spiro atoms. The smallest absolute Gasteiger partial charge is 0.281 e. The van der Waals surface area contributed by atoms with Crippen LogP contribution in [0.2, 0.25) is 0 Å². The molecule has 3 rings (SSSR count). The van der Waals surface area contributed by atoms with E-state index in [9.17, 15) is 10.1 Å². The average molecular weight is 351 g/mol. The molecule has 0 aliphatic carbocycles. The molecule has 0 bridgehead atoms. The van der Waals surface area contributed by atoms with Crippen LogP contribution in [0.1, 0.15) is 43.6 Å². The van der Waals surface area contributed by atoms with Crippen LogP contribution in [0.15, 0.2) is 29.3 Å². The largest absolute Gasteiger partial charge is 0.288 e. The molecule has 1 atom stereocenters. The van der Waals surface area contributed by atoms with E-state index in [1.54, 1.807) is 6.20 Å². The maximum Gasteiger partial charge on any atom is 0.288 e. The highest BCUT2D eigenvalue weighted by molar-refractivity contribution is 5.81. The highest BCUT2D eigenvalue weighted by Crippen LogP contribution is 2.25. The quantitative estimate of drug-likeness (QED) is 0.848. The highest BCUT2D eigenvalue weighted by atomic mass is 16.1. The van der Waals surface area contributed by atoms with Crippen molar-refractivity contribution in [2.45, 2.75) is 33.2 Å². The van der Waals surface area contributed by atoms with Gasteiger partial charge in [-0.1, -0.05) is 13.0 Å². The van der Waals surface area contributed by atoms with Crippen LogP contribution in [0.3, 0.4) is 0 Å². The topological polar surface area (TPSA) is 88.7 Å². The Morgan fingerprint density at radius 1 is 1.50 bits per heavy atom. The lowest BCUT2D eigenvalue weighted by molar-refractivity contribution is -0.450. The van der Waals surface area contributed by atoms with Crippen LogP contribution >= 0.6 is 0 Å². The molecule has 1 aliphatic heterocycles. The van der Waals surface area contributed by atoms with Crippen molar-refractivity contribution >= 4 is 11.4 Å². The molecule has 7 heteroatoms. The van der Waals surface area contributed by atoms with Gasteiger partial charge in [-0.25, -0.2) is 5.10 Å². The van der Waals surface area contributed by atoms with Gasteiger partial charge in [0.05, 0.1) is 13.1 Å². The molecule has 0 amide bonds.